The van der Waals surface area contributed by atoms with E-state index in [4.69, 9.17) is 10.4 Å². The normalized spacial score (nSPS) is 16.3. The molecule has 4 nitrogen and oxygen atoms in total. The molecule has 1 saturated carbocycles. The van der Waals surface area contributed by atoms with Gasteiger partial charge in [0, 0.05) is 30.4 Å². The Balaban J connectivity index is 2.36. The van der Waals surface area contributed by atoms with Crippen molar-refractivity contribution in [3.8, 4) is 6.07 Å². The molecule has 0 spiro atoms. The Kier molecular flexibility index (Phi) is 4.99. The summed E-state index contributed by atoms with van der Waals surface area (Å²) in [4.78, 5) is 2.25. The third-order valence-electron chi connectivity index (χ3n) is 3.99. The topological polar surface area (TPSA) is 67.5 Å². The van der Waals surface area contributed by atoms with Crippen LogP contribution in [-0.4, -0.2) is 29.4 Å². The maximum Gasteiger partial charge on any atom is 0.0992 e. The zero-order valence-corrected chi connectivity index (χ0v) is 11.9. The monoisotopic (exact) mass is 274 g/mol. The maximum absolute atomic E-state index is 9.96. The first-order valence-electron chi connectivity index (χ1n) is 7.27. The van der Waals surface area contributed by atoms with Crippen LogP contribution in [0.15, 0.2) is 18.2 Å². The lowest BCUT2D eigenvalue weighted by molar-refractivity contribution is 0.199. The molecule has 0 saturated heterocycles. The second kappa shape index (κ2) is 6.74. The maximum atomic E-state index is 9.96. The Labute approximate surface area is 120 Å². The second-order valence-corrected chi connectivity index (χ2v) is 5.42. The molecule has 1 aromatic carbocycles. The molecule has 1 aliphatic carbocycles. The van der Waals surface area contributed by atoms with Gasteiger partial charge in [-0.2, -0.15) is 5.26 Å². The van der Waals surface area contributed by atoms with E-state index in [9.17, 15) is 5.11 Å². The first-order chi connectivity index (χ1) is 9.67. The highest BCUT2D eigenvalue weighted by atomic mass is 16.3. The van der Waals surface area contributed by atoms with E-state index in [2.05, 4.69) is 11.0 Å². The molecule has 0 aliphatic heterocycles. The van der Waals surface area contributed by atoms with Crippen LogP contribution in [0.4, 0.5) is 5.69 Å². The summed E-state index contributed by atoms with van der Waals surface area (Å²) in [6.07, 6.45) is 3.65. The lowest BCUT2D eigenvalue weighted by atomic mass is 9.90. The van der Waals surface area contributed by atoms with Crippen molar-refractivity contribution in [2.24, 2.45) is 0 Å². The number of hydrogen-bond donors (Lipinski definition) is 2. The number of anilines is 1. The van der Waals surface area contributed by atoms with Gasteiger partial charge < -0.3 is 15.1 Å². The van der Waals surface area contributed by atoms with E-state index in [1.165, 1.54) is 6.42 Å². The van der Waals surface area contributed by atoms with Gasteiger partial charge in [-0.25, -0.2) is 0 Å². The van der Waals surface area contributed by atoms with Crippen molar-refractivity contribution in [2.75, 3.05) is 18.1 Å². The first kappa shape index (κ1) is 14.8. The Bertz CT molecular complexity index is 490. The fraction of sp³-hybridized carbons (Fsp3) is 0.562. The zero-order chi connectivity index (χ0) is 14.5. The van der Waals surface area contributed by atoms with Gasteiger partial charge in [0.15, 0.2) is 0 Å². The highest BCUT2D eigenvalue weighted by molar-refractivity contribution is 5.59. The molecule has 2 N–H and O–H groups in total. The molecule has 1 atom stereocenters. The molecule has 0 amide bonds. The van der Waals surface area contributed by atoms with E-state index in [1.54, 1.807) is 13.0 Å². The summed E-state index contributed by atoms with van der Waals surface area (Å²) in [5.74, 6) is 0. The lowest BCUT2D eigenvalue weighted by Crippen LogP contribution is -2.41. The minimum Gasteiger partial charge on any atom is -0.396 e. The highest BCUT2D eigenvalue weighted by Gasteiger charge is 2.27. The van der Waals surface area contributed by atoms with E-state index < -0.39 is 6.10 Å². The molecule has 1 aromatic rings. The summed E-state index contributed by atoms with van der Waals surface area (Å²) in [5.41, 5.74) is 2.41. The number of nitrogens with zero attached hydrogens (tertiary/aromatic N) is 2. The number of nitriles is 1. The second-order valence-electron chi connectivity index (χ2n) is 5.42. The largest absolute Gasteiger partial charge is 0.396 e. The number of benzene rings is 1. The van der Waals surface area contributed by atoms with Crippen LogP contribution in [0.5, 0.6) is 0 Å². The van der Waals surface area contributed by atoms with Crippen molar-refractivity contribution in [1.29, 1.82) is 5.26 Å². The van der Waals surface area contributed by atoms with Gasteiger partial charge in [0.25, 0.3) is 0 Å². The predicted octanol–water partition coefficient (Wildman–Crippen LogP) is 2.35. The molecular formula is C16H22N2O2. The van der Waals surface area contributed by atoms with Gasteiger partial charge in [-0.05, 0) is 44.7 Å². The van der Waals surface area contributed by atoms with Gasteiger partial charge in [0.2, 0.25) is 0 Å². The van der Waals surface area contributed by atoms with Crippen molar-refractivity contribution >= 4 is 5.69 Å². The van der Waals surface area contributed by atoms with Crippen molar-refractivity contribution in [3.05, 3.63) is 29.3 Å². The molecule has 0 heterocycles. The minimum atomic E-state index is -0.561. The number of rotatable bonds is 6. The Morgan fingerprint density at radius 1 is 1.45 bits per heavy atom. The molecule has 20 heavy (non-hydrogen) atoms. The fourth-order valence-corrected chi connectivity index (χ4v) is 2.65. The van der Waals surface area contributed by atoms with Crippen molar-refractivity contribution in [2.45, 2.75) is 44.8 Å². The molecule has 108 valence electrons. The van der Waals surface area contributed by atoms with Gasteiger partial charge in [0.1, 0.15) is 0 Å². The third kappa shape index (κ3) is 3.12. The lowest BCUT2D eigenvalue weighted by Gasteiger charge is -2.40. The van der Waals surface area contributed by atoms with Crippen molar-refractivity contribution in [1.82, 2.24) is 0 Å². The summed E-state index contributed by atoms with van der Waals surface area (Å²) >= 11 is 0. The average molecular weight is 274 g/mol. The van der Waals surface area contributed by atoms with E-state index in [1.807, 2.05) is 12.1 Å². The molecule has 0 bridgehead atoms. The van der Waals surface area contributed by atoms with Crippen molar-refractivity contribution in [3.63, 3.8) is 0 Å². The van der Waals surface area contributed by atoms with E-state index in [0.717, 1.165) is 30.6 Å². The standard InChI is InChI=1S/C16H22N2O2/c1-12(20)15-7-6-13(11-17)10-16(15)18(8-3-9-19)14-4-2-5-14/h6-7,10,12,14,19-20H,2-5,8-9H2,1H3. The van der Waals surface area contributed by atoms with Crippen LogP contribution in [0.1, 0.15) is 49.8 Å². The Morgan fingerprint density at radius 3 is 2.70 bits per heavy atom. The van der Waals surface area contributed by atoms with E-state index in [-0.39, 0.29) is 6.61 Å². The summed E-state index contributed by atoms with van der Waals surface area (Å²) in [6, 6.07) is 8.07. The Morgan fingerprint density at radius 2 is 2.20 bits per heavy atom. The molecular weight excluding hydrogens is 252 g/mol. The molecule has 1 unspecified atom stereocenters. The van der Waals surface area contributed by atoms with Crippen LogP contribution in [0.25, 0.3) is 0 Å². The molecule has 0 aromatic heterocycles. The quantitative estimate of drug-likeness (QED) is 0.835. The van der Waals surface area contributed by atoms with Crippen LogP contribution in [0, 0.1) is 11.3 Å². The number of aliphatic hydroxyl groups is 2. The van der Waals surface area contributed by atoms with Gasteiger partial charge in [0.05, 0.1) is 17.7 Å². The van der Waals surface area contributed by atoms with Gasteiger partial charge in [-0.15, -0.1) is 0 Å². The SMILES string of the molecule is CC(O)c1ccc(C#N)cc1N(CCCO)C1CCC1. The van der Waals surface area contributed by atoms with Crippen LogP contribution in [0.3, 0.4) is 0 Å². The number of aliphatic hydroxyl groups excluding tert-OH is 2. The summed E-state index contributed by atoms with van der Waals surface area (Å²) in [7, 11) is 0. The van der Waals surface area contributed by atoms with Gasteiger partial charge in [-0.1, -0.05) is 6.07 Å². The molecule has 4 heteroatoms. The van der Waals surface area contributed by atoms with Crippen molar-refractivity contribution < 1.29 is 10.2 Å². The summed E-state index contributed by atoms with van der Waals surface area (Å²) < 4.78 is 0. The minimum absolute atomic E-state index is 0.158. The molecule has 1 fully saturated rings. The van der Waals surface area contributed by atoms with E-state index in [0.29, 0.717) is 18.0 Å². The molecule has 0 radical (unpaired) electrons. The number of hydrogen-bond acceptors (Lipinski definition) is 4. The van der Waals surface area contributed by atoms with E-state index >= 15 is 0 Å². The van der Waals surface area contributed by atoms with Crippen LogP contribution < -0.4 is 4.90 Å². The van der Waals surface area contributed by atoms with Gasteiger partial charge >= 0.3 is 0 Å². The molecule has 2 rings (SSSR count). The fourth-order valence-electron chi connectivity index (χ4n) is 2.65. The van der Waals surface area contributed by atoms with Crippen LogP contribution in [0.2, 0.25) is 0 Å². The average Bonchev–Trinajstić information content (AvgIpc) is 2.40. The first-order valence-corrected chi connectivity index (χ1v) is 7.27. The van der Waals surface area contributed by atoms with Crippen LogP contribution in [-0.2, 0) is 0 Å². The summed E-state index contributed by atoms with van der Waals surface area (Å²) in [6.45, 7) is 2.66. The van der Waals surface area contributed by atoms with Gasteiger partial charge in [-0.3, -0.25) is 0 Å². The highest BCUT2D eigenvalue weighted by Crippen LogP contribution is 2.34. The molecule has 1 aliphatic rings. The smallest absolute Gasteiger partial charge is 0.0992 e. The summed E-state index contributed by atoms with van der Waals surface area (Å²) in [5, 5.41) is 28.1. The predicted molar refractivity (Wildman–Crippen MR) is 78.5 cm³/mol. The Hall–Kier alpha value is -1.57. The third-order valence-corrected chi connectivity index (χ3v) is 3.99. The zero-order valence-electron chi connectivity index (χ0n) is 11.9. The van der Waals surface area contributed by atoms with Crippen LogP contribution >= 0.6 is 0 Å².